The zero-order valence-corrected chi connectivity index (χ0v) is 14.6. The van der Waals surface area contributed by atoms with Crippen LogP contribution in [0.4, 0.5) is 0 Å². The van der Waals surface area contributed by atoms with Crippen LogP contribution in [0.3, 0.4) is 0 Å². The van der Waals surface area contributed by atoms with E-state index in [2.05, 4.69) is 50.8 Å². The Hall–Kier alpha value is -1.85. The minimum absolute atomic E-state index is 0.384. The molecule has 1 fully saturated rings. The molecule has 1 aromatic heterocycles. The molecule has 2 aromatic rings. The molecule has 3 heterocycles. The highest BCUT2D eigenvalue weighted by molar-refractivity contribution is 5.31. The Kier molecular flexibility index (Phi) is 4.29. The fourth-order valence-electron chi connectivity index (χ4n) is 4.08. The van der Waals surface area contributed by atoms with Gasteiger partial charge in [-0.15, -0.1) is 0 Å². The molecule has 128 valence electrons. The lowest BCUT2D eigenvalue weighted by molar-refractivity contribution is 0.0466. The van der Waals surface area contributed by atoms with E-state index in [9.17, 15) is 0 Å². The van der Waals surface area contributed by atoms with Crippen LogP contribution in [0.2, 0.25) is 0 Å². The summed E-state index contributed by atoms with van der Waals surface area (Å²) < 4.78 is 7.75. The van der Waals surface area contributed by atoms with E-state index in [0.29, 0.717) is 12.1 Å². The summed E-state index contributed by atoms with van der Waals surface area (Å²) in [6.45, 7) is 4.26. The van der Waals surface area contributed by atoms with Gasteiger partial charge < -0.3 is 14.2 Å². The summed E-state index contributed by atoms with van der Waals surface area (Å²) in [6, 6.07) is 9.56. The van der Waals surface area contributed by atoms with Crippen molar-refractivity contribution in [2.75, 3.05) is 27.2 Å². The van der Waals surface area contributed by atoms with E-state index >= 15 is 0 Å². The standard InChI is InChI=1S/C19H26N4O/c1-21-9-6-16(7-10-21)23-14-19-20-8-11-22(19)13-18(23)15-4-3-5-17(12-15)24-2/h3-5,8,11-12,16,18H,6-7,9-10,13-14H2,1-2H3. The molecule has 0 amide bonds. The number of nitrogens with zero attached hydrogens (tertiary/aromatic N) is 4. The van der Waals surface area contributed by atoms with E-state index in [1.165, 1.54) is 37.3 Å². The molecular formula is C19H26N4O. The number of aromatic nitrogens is 2. The maximum absolute atomic E-state index is 5.45. The minimum atomic E-state index is 0.384. The van der Waals surface area contributed by atoms with Crippen LogP contribution in [0.5, 0.6) is 5.75 Å². The molecule has 0 N–H and O–H groups in total. The minimum Gasteiger partial charge on any atom is -0.497 e. The first-order valence-electron chi connectivity index (χ1n) is 8.83. The summed E-state index contributed by atoms with van der Waals surface area (Å²) in [5.74, 6) is 2.13. The molecule has 5 heteroatoms. The number of benzene rings is 1. The van der Waals surface area contributed by atoms with Gasteiger partial charge in [0.05, 0.1) is 19.7 Å². The molecule has 4 rings (SSSR count). The highest BCUT2D eigenvalue weighted by atomic mass is 16.5. The first kappa shape index (κ1) is 15.7. The zero-order valence-electron chi connectivity index (χ0n) is 14.6. The summed E-state index contributed by atoms with van der Waals surface area (Å²) >= 11 is 0. The molecule has 2 aliphatic rings. The fourth-order valence-corrected chi connectivity index (χ4v) is 4.08. The SMILES string of the molecule is COc1cccc(C2Cn3ccnc3CN2C2CCN(C)CC2)c1. The number of ether oxygens (including phenoxy) is 1. The van der Waals surface area contributed by atoms with E-state index in [1.807, 2.05) is 12.3 Å². The van der Waals surface area contributed by atoms with Crippen molar-refractivity contribution in [3.63, 3.8) is 0 Å². The lowest BCUT2D eigenvalue weighted by Crippen LogP contribution is -2.48. The van der Waals surface area contributed by atoms with Gasteiger partial charge >= 0.3 is 0 Å². The number of likely N-dealkylation sites (tertiary alicyclic amines) is 1. The summed E-state index contributed by atoms with van der Waals surface area (Å²) in [5, 5.41) is 0. The van der Waals surface area contributed by atoms with Gasteiger partial charge in [-0.1, -0.05) is 12.1 Å². The van der Waals surface area contributed by atoms with Crippen LogP contribution in [0.1, 0.15) is 30.3 Å². The predicted octanol–water partition coefficient (Wildman–Crippen LogP) is 2.54. The molecule has 0 aliphatic carbocycles. The molecule has 1 unspecified atom stereocenters. The number of piperidine rings is 1. The van der Waals surface area contributed by atoms with Gasteiger partial charge in [0.1, 0.15) is 11.6 Å². The highest BCUT2D eigenvalue weighted by Gasteiger charge is 2.34. The van der Waals surface area contributed by atoms with Crippen molar-refractivity contribution in [2.24, 2.45) is 0 Å². The molecule has 0 bridgehead atoms. The second-order valence-corrected chi connectivity index (χ2v) is 7.00. The molecule has 2 aliphatic heterocycles. The van der Waals surface area contributed by atoms with Crippen molar-refractivity contribution in [3.8, 4) is 5.75 Å². The van der Waals surface area contributed by atoms with Gasteiger partial charge in [-0.25, -0.2) is 4.98 Å². The second kappa shape index (κ2) is 6.57. The van der Waals surface area contributed by atoms with E-state index in [-0.39, 0.29) is 0 Å². The van der Waals surface area contributed by atoms with Gasteiger partial charge in [0, 0.05) is 25.0 Å². The Morgan fingerprint density at radius 2 is 2.04 bits per heavy atom. The van der Waals surface area contributed by atoms with Crippen LogP contribution in [0.15, 0.2) is 36.7 Å². The van der Waals surface area contributed by atoms with Gasteiger partial charge in [0.25, 0.3) is 0 Å². The largest absolute Gasteiger partial charge is 0.497 e. The number of fused-ring (bicyclic) bond motifs is 1. The van der Waals surface area contributed by atoms with Gasteiger partial charge in [-0.2, -0.15) is 0 Å². The van der Waals surface area contributed by atoms with Gasteiger partial charge in [0.2, 0.25) is 0 Å². The summed E-state index contributed by atoms with van der Waals surface area (Å²) in [5.41, 5.74) is 1.34. The Balaban J connectivity index is 1.65. The number of imidazole rings is 1. The molecule has 0 saturated carbocycles. The number of rotatable bonds is 3. The third-order valence-corrected chi connectivity index (χ3v) is 5.53. The molecule has 5 nitrogen and oxygen atoms in total. The molecule has 0 radical (unpaired) electrons. The number of hydrogen-bond donors (Lipinski definition) is 0. The Morgan fingerprint density at radius 3 is 2.83 bits per heavy atom. The van der Waals surface area contributed by atoms with Crippen LogP contribution in [-0.2, 0) is 13.1 Å². The first-order valence-corrected chi connectivity index (χ1v) is 8.83. The molecular weight excluding hydrogens is 300 g/mol. The molecule has 0 spiro atoms. The summed E-state index contributed by atoms with van der Waals surface area (Å²) in [6.07, 6.45) is 6.50. The van der Waals surface area contributed by atoms with Crippen molar-refractivity contribution >= 4 is 0 Å². The summed E-state index contributed by atoms with van der Waals surface area (Å²) in [4.78, 5) is 9.67. The zero-order chi connectivity index (χ0) is 16.5. The summed E-state index contributed by atoms with van der Waals surface area (Å²) in [7, 11) is 3.96. The van der Waals surface area contributed by atoms with Gasteiger partial charge in [-0.05, 0) is 50.7 Å². The topological polar surface area (TPSA) is 33.5 Å². The quantitative estimate of drug-likeness (QED) is 0.868. The second-order valence-electron chi connectivity index (χ2n) is 7.00. The lowest BCUT2D eigenvalue weighted by Gasteiger charge is -2.44. The fraction of sp³-hybridized carbons (Fsp3) is 0.526. The maximum atomic E-state index is 5.45. The molecule has 1 aromatic carbocycles. The normalized spacial score (nSPS) is 23.2. The van der Waals surface area contributed by atoms with Crippen LogP contribution in [0.25, 0.3) is 0 Å². The lowest BCUT2D eigenvalue weighted by atomic mass is 9.96. The average molecular weight is 326 g/mol. The van der Waals surface area contributed by atoms with E-state index in [0.717, 1.165) is 18.8 Å². The maximum Gasteiger partial charge on any atom is 0.122 e. The van der Waals surface area contributed by atoms with Crippen LogP contribution in [-0.4, -0.2) is 52.6 Å². The van der Waals surface area contributed by atoms with Crippen LogP contribution < -0.4 is 4.74 Å². The predicted molar refractivity (Wildman–Crippen MR) is 94.0 cm³/mol. The van der Waals surface area contributed by atoms with E-state index < -0.39 is 0 Å². The Morgan fingerprint density at radius 1 is 1.21 bits per heavy atom. The van der Waals surface area contributed by atoms with Crippen molar-refractivity contribution in [3.05, 3.63) is 48.0 Å². The van der Waals surface area contributed by atoms with Gasteiger partial charge in [0.15, 0.2) is 0 Å². The van der Waals surface area contributed by atoms with Crippen molar-refractivity contribution in [2.45, 2.75) is 38.0 Å². The Bertz CT molecular complexity index is 690. The van der Waals surface area contributed by atoms with E-state index in [1.54, 1.807) is 7.11 Å². The Labute approximate surface area is 143 Å². The van der Waals surface area contributed by atoms with E-state index in [4.69, 9.17) is 4.74 Å². The number of hydrogen-bond acceptors (Lipinski definition) is 4. The molecule has 24 heavy (non-hydrogen) atoms. The number of methoxy groups -OCH3 is 1. The highest BCUT2D eigenvalue weighted by Crippen LogP contribution is 2.34. The van der Waals surface area contributed by atoms with Gasteiger partial charge in [-0.3, -0.25) is 4.90 Å². The smallest absolute Gasteiger partial charge is 0.122 e. The molecule has 1 atom stereocenters. The average Bonchev–Trinajstić information content (AvgIpc) is 3.09. The first-order chi connectivity index (χ1) is 11.7. The van der Waals surface area contributed by atoms with Crippen LogP contribution in [0, 0.1) is 0 Å². The van der Waals surface area contributed by atoms with Crippen molar-refractivity contribution in [1.29, 1.82) is 0 Å². The monoisotopic (exact) mass is 326 g/mol. The van der Waals surface area contributed by atoms with Crippen molar-refractivity contribution < 1.29 is 4.74 Å². The third-order valence-electron chi connectivity index (χ3n) is 5.53. The third kappa shape index (κ3) is 2.94. The molecule has 1 saturated heterocycles. The van der Waals surface area contributed by atoms with Crippen molar-refractivity contribution in [1.82, 2.24) is 19.4 Å². The van der Waals surface area contributed by atoms with Crippen LogP contribution >= 0.6 is 0 Å².